The van der Waals surface area contributed by atoms with E-state index in [0.29, 0.717) is 5.56 Å². The maximum atomic E-state index is 13.9. The summed E-state index contributed by atoms with van der Waals surface area (Å²) >= 11 is 5.96. The monoisotopic (exact) mass is 242 g/mol. The maximum absolute atomic E-state index is 13.9. The number of benzene rings is 1. The van der Waals surface area contributed by atoms with E-state index < -0.39 is 0 Å². The molecule has 0 nitrogen and oxygen atoms in total. The Morgan fingerprint density at radius 3 is 1.81 bits per heavy atom. The fourth-order valence-electron chi connectivity index (χ4n) is 1.57. The van der Waals surface area contributed by atoms with Crippen LogP contribution in [-0.4, -0.2) is 0 Å². The Balaban J connectivity index is 3.46. The van der Waals surface area contributed by atoms with E-state index in [-0.39, 0.29) is 21.7 Å². The van der Waals surface area contributed by atoms with Gasteiger partial charge < -0.3 is 0 Å². The van der Waals surface area contributed by atoms with Crippen LogP contribution in [-0.2, 0) is 10.8 Å². The minimum atomic E-state index is -0.290. The van der Waals surface area contributed by atoms with E-state index in [1.54, 1.807) is 6.07 Å². The van der Waals surface area contributed by atoms with Gasteiger partial charge in [-0.15, -0.1) is 0 Å². The van der Waals surface area contributed by atoms with Crippen molar-refractivity contribution in [3.05, 3.63) is 34.1 Å². The summed E-state index contributed by atoms with van der Waals surface area (Å²) in [6.45, 7) is 12.3. The van der Waals surface area contributed by atoms with Gasteiger partial charge in [0.05, 0.1) is 5.02 Å². The molecule has 0 amide bonds. The molecule has 0 atom stereocenters. The summed E-state index contributed by atoms with van der Waals surface area (Å²) in [5.41, 5.74) is 1.51. The molecule has 0 bridgehead atoms. The molecular weight excluding hydrogens is 223 g/mol. The van der Waals surface area contributed by atoms with E-state index in [2.05, 4.69) is 20.8 Å². The molecule has 0 radical (unpaired) electrons. The lowest BCUT2D eigenvalue weighted by molar-refractivity contribution is 0.515. The normalized spacial score (nSPS) is 13.0. The molecule has 0 unspecified atom stereocenters. The van der Waals surface area contributed by atoms with Crippen LogP contribution in [0.1, 0.15) is 52.7 Å². The van der Waals surface area contributed by atoms with Crippen molar-refractivity contribution in [2.75, 3.05) is 0 Å². The molecule has 0 saturated heterocycles. The molecule has 16 heavy (non-hydrogen) atoms. The van der Waals surface area contributed by atoms with Gasteiger partial charge in [0.1, 0.15) is 5.82 Å². The lowest BCUT2D eigenvalue weighted by Gasteiger charge is -2.26. The Morgan fingerprint density at radius 1 is 0.938 bits per heavy atom. The first kappa shape index (κ1) is 13.5. The minimum Gasteiger partial charge on any atom is -0.205 e. The zero-order valence-corrected chi connectivity index (χ0v) is 11.7. The van der Waals surface area contributed by atoms with Crippen LogP contribution in [0.5, 0.6) is 0 Å². The Kier molecular flexibility index (Phi) is 3.40. The third kappa shape index (κ3) is 2.76. The SMILES string of the molecule is CC(C)(C)c1cc(Cl)c(F)c(C(C)(C)C)c1. The molecule has 0 aliphatic carbocycles. The van der Waals surface area contributed by atoms with Gasteiger partial charge in [0.25, 0.3) is 0 Å². The second kappa shape index (κ2) is 4.03. The van der Waals surface area contributed by atoms with Crippen LogP contribution in [0.4, 0.5) is 4.39 Å². The van der Waals surface area contributed by atoms with Gasteiger partial charge >= 0.3 is 0 Å². The highest BCUT2D eigenvalue weighted by molar-refractivity contribution is 6.30. The quantitative estimate of drug-likeness (QED) is 0.596. The van der Waals surface area contributed by atoms with E-state index in [0.717, 1.165) is 5.56 Å². The van der Waals surface area contributed by atoms with Crippen molar-refractivity contribution in [2.24, 2.45) is 0 Å². The molecule has 0 saturated carbocycles. The van der Waals surface area contributed by atoms with Crippen molar-refractivity contribution in [3.8, 4) is 0 Å². The van der Waals surface area contributed by atoms with E-state index in [4.69, 9.17) is 11.6 Å². The minimum absolute atomic E-state index is 0.0165. The third-order valence-corrected chi connectivity index (χ3v) is 2.98. The van der Waals surface area contributed by atoms with Crippen molar-refractivity contribution in [1.82, 2.24) is 0 Å². The van der Waals surface area contributed by atoms with Gasteiger partial charge in [-0.25, -0.2) is 4.39 Å². The predicted molar refractivity (Wildman–Crippen MR) is 68.8 cm³/mol. The summed E-state index contributed by atoms with van der Waals surface area (Å²) in [4.78, 5) is 0. The summed E-state index contributed by atoms with van der Waals surface area (Å²) in [7, 11) is 0. The molecule has 0 N–H and O–H groups in total. The standard InChI is InChI=1S/C14H20ClF/c1-13(2,3)9-7-10(14(4,5)6)12(16)11(15)8-9/h7-8H,1-6H3. The van der Waals surface area contributed by atoms with Crippen molar-refractivity contribution in [3.63, 3.8) is 0 Å². The number of rotatable bonds is 0. The van der Waals surface area contributed by atoms with Crippen LogP contribution in [0, 0.1) is 5.82 Å². The van der Waals surface area contributed by atoms with Crippen molar-refractivity contribution in [1.29, 1.82) is 0 Å². The molecular formula is C14H20ClF. The summed E-state index contributed by atoms with van der Waals surface area (Å²) in [6, 6.07) is 3.66. The lowest BCUT2D eigenvalue weighted by Crippen LogP contribution is -2.18. The van der Waals surface area contributed by atoms with Crippen molar-refractivity contribution < 1.29 is 4.39 Å². The van der Waals surface area contributed by atoms with Crippen LogP contribution in [0.2, 0.25) is 5.02 Å². The average Bonchev–Trinajstić information content (AvgIpc) is 2.05. The highest BCUT2D eigenvalue weighted by atomic mass is 35.5. The highest BCUT2D eigenvalue weighted by Crippen LogP contribution is 2.34. The van der Waals surface area contributed by atoms with E-state index in [1.165, 1.54) is 0 Å². The summed E-state index contributed by atoms with van der Waals surface area (Å²) in [6.07, 6.45) is 0. The molecule has 2 heteroatoms. The zero-order chi connectivity index (χ0) is 12.7. The smallest absolute Gasteiger partial charge is 0.145 e. The molecule has 0 aliphatic rings. The number of hydrogen-bond acceptors (Lipinski definition) is 0. The maximum Gasteiger partial charge on any atom is 0.145 e. The number of halogens is 2. The van der Waals surface area contributed by atoms with Gasteiger partial charge in [-0.05, 0) is 28.0 Å². The molecule has 1 rings (SSSR count). The van der Waals surface area contributed by atoms with Gasteiger partial charge in [-0.3, -0.25) is 0 Å². The van der Waals surface area contributed by atoms with Crippen molar-refractivity contribution >= 4 is 11.6 Å². The first-order valence-corrected chi connectivity index (χ1v) is 5.91. The van der Waals surface area contributed by atoms with Crippen molar-refractivity contribution in [2.45, 2.75) is 52.4 Å². The first-order valence-electron chi connectivity index (χ1n) is 5.53. The fourth-order valence-corrected chi connectivity index (χ4v) is 1.79. The second-order valence-electron chi connectivity index (χ2n) is 6.32. The Labute approximate surface area is 103 Å². The predicted octanol–water partition coefficient (Wildman–Crippen LogP) is 5.07. The summed E-state index contributed by atoms with van der Waals surface area (Å²) in [5.74, 6) is -0.290. The van der Waals surface area contributed by atoms with E-state index in [9.17, 15) is 4.39 Å². The van der Waals surface area contributed by atoms with Gasteiger partial charge in [0, 0.05) is 0 Å². The Bertz CT molecular complexity index is 394. The van der Waals surface area contributed by atoms with Crippen LogP contribution in [0.3, 0.4) is 0 Å². The second-order valence-corrected chi connectivity index (χ2v) is 6.73. The van der Waals surface area contributed by atoms with Gasteiger partial charge in [0.15, 0.2) is 0 Å². The lowest BCUT2D eigenvalue weighted by atomic mass is 9.80. The molecule has 90 valence electrons. The average molecular weight is 243 g/mol. The fraction of sp³-hybridized carbons (Fsp3) is 0.571. The molecule has 0 aliphatic heterocycles. The van der Waals surface area contributed by atoms with Crippen LogP contribution in [0.25, 0.3) is 0 Å². The summed E-state index contributed by atoms with van der Waals surface area (Å²) < 4.78 is 13.9. The molecule has 1 aromatic carbocycles. The molecule has 0 spiro atoms. The zero-order valence-electron chi connectivity index (χ0n) is 10.9. The Hall–Kier alpha value is -0.560. The topological polar surface area (TPSA) is 0 Å². The molecule has 0 fully saturated rings. The molecule has 0 aromatic heterocycles. The molecule has 0 heterocycles. The molecule has 1 aromatic rings. The Morgan fingerprint density at radius 2 is 1.44 bits per heavy atom. The van der Waals surface area contributed by atoms with E-state index >= 15 is 0 Å². The van der Waals surface area contributed by atoms with Crippen LogP contribution in [0.15, 0.2) is 12.1 Å². The highest BCUT2D eigenvalue weighted by Gasteiger charge is 2.24. The third-order valence-electron chi connectivity index (χ3n) is 2.70. The largest absolute Gasteiger partial charge is 0.205 e. The number of hydrogen-bond donors (Lipinski definition) is 0. The van der Waals surface area contributed by atoms with Crippen LogP contribution < -0.4 is 0 Å². The van der Waals surface area contributed by atoms with Gasteiger partial charge in [0.2, 0.25) is 0 Å². The van der Waals surface area contributed by atoms with Gasteiger partial charge in [-0.2, -0.15) is 0 Å². The first-order chi connectivity index (χ1) is 7.03. The van der Waals surface area contributed by atoms with Crippen LogP contribution >= 0.6 is 11.6 Å². The summed E-state index contributed by atoms with van der Waals surface area (Å²) in [5, 5.41) is 0.220. The van der Waals surface area contributed by atoms with Gasteiger partial charge in [-0.1, -0.05) is 59.2 Å². The van der Waals surface area contributed by atoms with E-state index in [1.807, 2.05) is 26.8 Å².